The van der Waals surface area contributed by atoms with Crippen LogP contribution in [0.3, 0.4) is 0 Å². The molecule has 0 heterocycles. The molecular weight excluding hydrogens is 203 g/mol. The molecule has 5 heteroatoms. The number of para-hydroxylation sites is 1. The SMILES string of the molecule is COc1ccccc1P(=O)(OC)OC. The van der Waals surface area contributed by atoms with E-state index in [9.17, 15) is 4.57 Å². The summed E-state index contributed by atoms with van der Waals surface area (Å²) in [6, 6.07) is 6.91. The molecule has 0 bridgehead atoms. The fraction of sp³-hybridized carbons (Fsp3) is 0.333. The molecule has 14 heavy (non-hydrogen) atoms. The Bertz CT molecular complexity index is 342. The third-order valence-corrected chi connectivity index (χ3v) is 3.78. The average molecular weight is 216 g/mol. The molecule has 1 aromatic rings. The van der Waals surface area contributed by atoms with Gasteiger partial charge >= 0.3 is 7.60 Å². The first-order valence-electron chi connectivity index (χ1n) is 4.03. The first-order valence-corrected chi connectivity index (χ1v) is 5.57. The zero-order valence-electron chi connectivity index (χ0n) is 8.39. The Hall–Kier alpha value is -0.830. The highest BCUT2D eigenvalue weighted by atomic mass is 31.2. The van der Waals surface area contributed by atoms with Gasteiger partial charge in [0, 0.05) is 14.2 Å². The molecule has 0 aromatic heterocycles. The van der Waals surface area contributed by atoms with Crippen molar-refractivity contribution in [3.05, 3.63) is 24.3 Å². The molecule has 0 saturated heterocycles. The van der Waals surface area contributed by atoms with E-state index in [1.807, 2.05) is 0 Å². The lowest BCUT2D eigenvalue weighted by Crippen LogP contribution is -2.10. The number of ether oxygens (including phenoxy) is 1. The Labute approximate surface area is 83.3 Å². The molecular formula is C9H13O4P. The zero-order chi connectivity index (χ0) is 10.6. The van der Waals surface area contributed by atoms with Gasteiger partial charge in [0.2, 0.25) is 0 Å². The molecule has 0 aliphatic carbocycles. The fourth-order valence-electron chi connectivity index (χ4n) is 1.13. The van der Waals surface area contributed by atoms with E-state index in [0.717, 1.165) is 0 Å². The van der Waals surface area contributed by atoms with Gasteiger partial charge in [0.25, 0.3) is 0 Å². The van der Waals surface area contributed by atoms with Crippen LogP contribution in [0.2, 0.25) is 0 Å². The van der Waals surface area contributed by atoms with Gasteiger partial charge in [0.1, 0.15) is 11.1 Å². The number of rotatable bonds is 4. The summed E-state index contributed by atoms with van der Waals surface area (Å²) in [5, 5.41) is 0.438. The molecule has 0 radical (unpaired) electrons. The van der Waals surface area contributed by atoms with E-state index in [4.69, 9.17) is 13.8 Å². The predicted octanol–water partition coefficient (Wildman–Crippen LogP) is 1.81. The summed E-state index contributed by atoms with van der Waals surface area (Å²) in [7, 11) is 0.984. The van der Waals surface area contributed by atoms with E-state index in [1.165, 1.54) is 21.3 Å². The zero-order valence-corrected chi connectivity index (χ0v) is 9.28. The highest BCUT2D eigenvalue weighted by Gasteiger charge is 2.27. The summed E-state index contributed by atoms with van der Waals surface area (Å²) in [6.45, 7) is 0. The van der Waals surface area contributed by atoms with Crippen LogP contribution in [0, 0.1) is 0 Å². The molecule has 1 rings (SSSR count). The van der Waals surface area contributed by atoms with Crippen molar-refractivity contribution >= 4 is 12.9 Å². The number of hydrogen-bond donors (Lipinski definition) is 0. The molecule has 0 atom stereocenters. The molecule has 0 amide bonds. The minimum atomic E-state index is -3.21. The summed E-state index contributed by atoms with van der Waals surface area (Å²) >= 11 is 0. The second-order valence-corrected chi connectivity index (χ2v) is 4.74. The van der Waals surface area contributed by atoms with Crippen LogP contribution in [0.5, 0.6) is 5.75 Å². The average Bonchev–Trinajstić information content (AvgIpc) is 2.28. The van der Waals surface area contributed by atoms with Gasteiger partial charge in [0.15, 0.2) is 0 Å². The second kappa shape index (κ2) is 4.60. The maximum absolute atomic E-state index is 12.0. The van der Waals surface area contributed by atoms with Crippen molar-refractivity contribution in [1.29, 1.82) is 0 Å². The third kappa shape index (κ3) is 1.98. The standard InChI is InChI=1S/C9H13O4P/c1-11-8-6-4-5-7-9(8)14(10,12-2)13-3/h4-7H,1-3H3. The van der Waals surface area contributed by atoms with E-state index in [0.29, 0.717) is 11.1 Å². The van der Waals surface area contributed by atoms with Crippen LogP contribution in [0.15, 0.2) is 24.3 Å². The highest BCUT2D eigenvalue weighted by molar-refractivity contribution is 7.62. The number of hydrogen-bond acceptors (Lipinski definition) is 4. The first-order chi connectivity index (χ1) is 6.68. The van der Waals surface area contributed by atoms with Crippen LogP contribution in [-0.2, 0) is 13.6 Å². The molecule has 1 aromatic carbocycles. The largest absolute Gasteiger partial charge is 0.496 e. The molecule has 0 aliphatic heterocycles. The number of benzene rings is 1. The molecule has 0 spiro atoms. The Morgan fingerprint density at radius 3 is 2.14 bits per heavy atom. The molecule has 0 fully saturated rings. The van der Waals surface area contributed by atoms with Crippen LogP contribution in [0.4, 0.5) is 0 Å². The number of methoxy groups -OCH3 is 1. The van der Waals surface area contributed by atoms with Crippen LogP contribution in [0.25, 0.3) is 0 Å². The van der Waals surface area contributed by atoms with Gasteiger partial charge < -0.3 is 13.8 Å². The minimum Gasteiger partial charge on any atom is -0.496 e. The molecule has 0 N–H and O–H groups in total. The van der Waals surface area contributed by atoms with Crippen LogP contribution in [0.1, 0.15) is 0 Å². The molecule has 0 saturated carbocycles. The molecule has 4 nitrogen and oxygen atoms in total. The smallest absolute Gasteiger partial charge is 0.364 e. The third-order valence-electron chi connectivity index (χ3n) is 1.86. The summed E-state index contributed by atoms with van der Waals surface area (Å²) in [6.07, 6.45) is 0. The van der Waals surface area contributed by atoms with Crippen molar-refractivity contribution in [1.82, 2.24) is 0 Å². The summed E-state index contributed by atoms with van der Waals surface area (Å²) in [5.41, 5.74) is 0. The predicted molar refractivity (Wildman–Crippen MR) is 54.3 cm³/mol. The summed E-state index contributed by atoms with van der Waals surface area (Å²) < 4.78 is 26.8. The van der Waals surface area contributed by atoms with Crippen molar-refractivity contribution in [3.63, 3.8) is 0 Å². The van der Waals surface area contributed by atoms with E-state index in [1.54, 1.807) is 24.3 Å². The highest BCUT2D eigenvalue weighted by Crippen LogP contribution is 2.47. The lowest BCUT2D eigenvalue weighted by atomic mass is 10.3. The van der Waals surface area contributed by atoms with Gasteiger partial charge in [-0.05, 0) is 12.1 Å². The van der Waals surface area contributed by atoms with Gasteiger partial charge in [-0.25, -0.2) is 0 Å². The maximum Gasteiger partial charge on any atom is 0.364 e. The van der Waals surface area contributed by atoms with E-state index in [-0.39, 0.29) is 0 Å². The Kier molecular flexibility index (Phi) is 3.69. The van der Waals surface area contributed by atoms with Gasteiger partial charge in [-0.3, -0.25) is 4.57 Å². The summed E-state index contributed by atoms with van der Waals surface area (Å²) in [5.74, 6) is 0.500. The van der Waals surface area contributed by atoms with Crippen molar-refractivity contribution in [2.75, 3.05) is 21.3 Å². The second-order valence-electron chi connectivity index (χ2n) is 2.53. The van der Waals surface area contributed by atoms with Crippen LogP contribution >= 0.6 is 7.60 Å². The van der Waals surface area contributed by atoms with E-state index < -0.39 is 7.60 Å². The summed E-state index contributed by atoms with van der Waals surface area (Å²) in [4.78, 5) is 0. The maximum atomic E-state index is 12.0. The molecule has 0 aliphatic rings. The van der Waals surface area contributed by atoms with Gasteiger partial charge in [-0.2, -0.15) is 0 Å². The Morgan fingerprint density at radius 1 is 1.07 bits per heavy atom. The quantitative estimate of drug-likeness (QED) is 0.720. The topological polar surface area (TPSA) is 44.8 Å². The van der Waals surface area contributed by atoms with E-state index >= 15 is 0 Å². The fourth-order valence-corrected chi connectivity index (χ4v) is 2.37. The monoisotopic (exact) mass is 216 g/mol. The first kappa shape index (κ1) is 11.2. The van der Waals surface area contributed by atoms with Gasteiger partial charge in [-0.15, -0.1) is 0 Å². The van der Waals surface area contributed by atoms with Crippen LogP contribution < -0.4 is 10.0 Å². The normalized spacial score (nSPS) is 11.4. The van der Waals surface area contributed by atoms with E-state index in [2.05, 4.69) is 0 Å². The van der Waals surface area contributed by atoms with Crippen molar-refractivity contribution < 1.29 is 18.3 Å². The molecule has 0 unspecified atom stereocenters. The molecule has 78 valence electrons. The minimum absolute atomic E-state index is 0.438. The van der Waals surface area contributed by atoms with Gasteiger partial charge in [-0.1, -0.05) is 12.1 Å². The van der Waals surface area contributed by atoms with Crippen LogP contribution in [-0.4, -0.2) is 21.3 Å². The van der Waals surface area contributed by atoms with Gasteiger partial charge in [0.05, 0.1) is 7.11 Å². The Balaban J connectivity index is 3.23. The lowest BCUT2D eigenvalue weighted by molar-refractivity contribution is 0.286. The van der Waals surface area contributed by atoms with Crippen molar-refractivity contribution in [2.24, 2.45) is 0 Å². The van der Waals surface area contributed by atoms with Crippen molar-refractivity contribution in [2.45, 2.75) is 0 Å². The van der Waals surface area contributed by atoms with Crippen molar-refractivity contribution in [3.8, 4) is 5.75 Å². The Morgan fingerprint density at radius 2 is 1.64 bits per heavy atom. The lowest BCUT2D eigenvalue weighted by Gasteiger charge is -2.16.